The first kappa shape index (κ1) is 14.7. The van der Waals surface area contributed by atoms with E-state index in [0.29, 0.717) is 16.5 Å². The van der Waals surface area contributed by atoms with Crippen LogP contribution in [-0.4, -0.2) is 31.1 Å². The van der Waals surface area contributed by atoms with E-state index in [0.717, 1.165) is 18.9 Å². The predicted molar refractivity (Wildman–Crippen MR) is 82.1 cm³/mol. The van der Waals surface area contributed by atoms with Gasteiger partial charge in [-0.2, -0.15) is 14.9 Å². The number of nitrogens with zero attached hydrogens (tertiary/aromatic N) is 4. The molecule has 1 aromatic carbocycles. The maximum Gasteiger partial charge on any atom is 0.312 e. The Kier molecular flexibility index (Phi) is 3.67. The molecule has 2 aromatic rings. The zero-order valence-electron chi connectivity index (χ0n) is 11.1. The Morgan fingerprint density at radius 3 is 2.95 bits per heavy atom. The summed E-state index contributed by atoms with van der Waals surface area (Å²) >= 11 is 10.9. The minimum absolute atomic E-state index is 0.129. The summed E-state index contributed by atoms with van der Waals surface area (Å²) in [5, 5.41) is 31.8. The Morgan fingerprint density at radius 2 is 2.32 bits per heavy atom. The van der Waals surface area contributed by atoms with Crippen LogP contribution in [0.25, 0.3) is 0 Å². The fraction of sp³-hybridized carbons (Fsp3) is 0.250. The lowest BCUT2D eigenvalue weighted by molar-refractivity contribution is -0.385. The highest BCUT2D eigenvalue weighted by atomic mass is 35.5. The maximum absolute atomic E-state index is 10.9. The molecule has 1 fully saturated rings. The van der Waals surface area contributed by atoms with E-state index >= 15 is 0 Å². The van der Waals surface area contributed by atoms with E-state index in [9.17, 15) is 15.2 Å². The van der Waals surface area contributed by atoms with Crippen LogP contribution >= 0.6 is 23.8 Å². The quantitative estimate of drug-likeness (QED) is 0.385. The minimum Gasteiger partial charge on any atom is -0.502 e. The molecule has 1 aromatic heterocycles. The lowest BCUT2D eigenvalue weighted by Crippen LogP contribution is -1.98. The van der Waals surface area contributed by atoms with Gasteiger partial charge in [0.05, 0.1) is 11.1 Å². The first-order chi connectivity index (χ1) is 10.5. The third kappa shape index (κ3) is 2.72. The molecular weight excluding hydrogens is 330 g/mol. The van der Waals surface area contributed by atoms with Crippen LogP contribution in [0.1, 0.15) is 30.1 Å². The number of aromatic amines is 1. The molecule has 1 aliphatic rings. The molecule has 0 spiro atoms. The van der Waals surface area contributed by atoms with E-state index < -0.39 is 16.4 Å². The summed E-state index contributed by atoms with van der Waals surface area (Å²) in [6, 6.07) is 2.46. The summed E-state index contributed by atoms with van der Waals surface area (Å²) in [5.41, 5.74) is -0.351. The molecule has 0 bridgehead atoms. The van der Waals surface area contributed by atoms with Crippen molar-refractivity contribution in [2.24, 2.45) is 5.10 Å². The second-order valence-corrected chi connectivity index (χ2v) is 5.66. The lowest BCUT2D eigenvalue weighted by atomic mass is 10.2. The normalized spacial score (nSPS) is 14.6. The smallest absolute Gasteiger partial charge is 0.312 e. The first-order valence-electron chi connectivity index (χ1n) is 6.36. The van der Waals surface area contributed by atoms with Gasteiger partial charge in [-0.1, -0.05) is 11.6 Å². The Balaban J connectivity index is 2.01. The molecule has 0 radical (unpaired) electrons. The van der Waals surface area contributed by atoms with Crippen LogP contribution in [0.15, 0.2) is 17.2 Å². The predicted octanol–water partition coefficient (Wildman–Crippen LogP) is 2.97. The van der Waals surface area contributed by atoms with Gasteiger partial charge in [-0.3, -0.25) is 15.2 Å². The molecule has 0 atom stereocenters. The topological polar surface area (TPSA) is 109 Å². The number of aromatic hydroxyl groups is 1. The van der Waals surface area contributed by atoms with Gasteiger partial charge in [-0.15, -0.1) is 0 Å². The number of halogens is 1. The second-order valence-electron chi connectivity index (χ2n) is 4.84. The van der Waals surface area contributed by atoms with Gasteiger partial charge in [0.25, 0.3) is 0 Å². The molecule has 0 amide bonds. The third-order valence-corrected chi connectivity index (χ3v) is 3.69. The van der Waals surface area contributed by atoms with E-state index in [2.05, 4.69) is 15.3 Å². The van der Waals surface area contributed by atoms with Crippen LogP contribution in [0.4, 0.5) is 5.69 Å². The number of benzene rings is 1. The average molecular weight is 340 g/mol. The van der Waals surface area contributed by atoms with Crippen molar-refractivity contribution in [3.8, 4) is 5.75 Å². The summed E-state index contributed by atoms with van der Waals surface area (Å²) in [7, 11) is 0. The van der Waals surface area contributed by atoms with Crippen molar-refractivity contribution in [3.05, 3.63) is 43.4 Å². The van der Waals surface area contributed by atoms with Gasteiger partial charge in [0, 0.05) is 22.6 Å². The van der Waals surface area contributed by atoms with E-state index in [4.69, 9.17) is 23.8 Å². The van der Waals surface area contributed by atoms with Crippen LogP contribution < -0.4 is 0 Å². The van der Waals surface area contributed by atoms with E-state index in [1.54, 1.807) is 0 Å². The van der Waals surface area contributed by atoms with Crippen molar-refractivity contribution in [3.63, 3.8) is 0 Å². The summed E-state index contributed by atoms with van der Waals surface area (Å²) in [6.07, 6.45) is 3.30. The van der Waals surface area contributed by atoms with Gasteiger partial charge in [-0.25, -0.2) is 0 Å². The van der Waals surface area contributed by atoms with Crippen LogP contribution in [0.3, 0.4) is 0 Å². The fourth-order valence-electron chi connectivity index (χ4n) is 1.98. The standard InChI is InChI=1S/C12H10ClN5O3S/c13-8-3-7(10(19)9(4-8)18(20)21)5-14-17-11(6-1-2-6)15-16-12(17)22/h3-6,19H,1-2H2,(H,16,22)/b14-5+. The highest BCUT2D eigenvalue weighted by Crippen LogP contribution is 2.39. The lowest BCUT2D eigenvalue weighted by Gasteiger charge is -2.02. The number of hydrogen-bond acceptors (Lipinski definition) is 6. The van der Waals surface area contributed by atoms with Gasteiger partial charge >= 0.3 is 5.69 Å². The largest absolute Gasteiger partial charge is 0.502 e. The first-order valence-corrected chi connectivity index (χ1v) is 7.14. The Bertz CT molecular complexity index is 840. The van der Waals surface area contributed by atoms with Gasteiger partial charge < -0.3 is 5.11 Å². The average Bonchev–Trinajstić information content (AvgIpc) is 3.24. The molecule has 8 nitrogen and oxygen atoms in total. The third-order valence-electron chi connectivity index (χ3n) is 3.21. The van der Waals surface area contributed by atoms with Gasteiger partial charge in [0.2, 0.25) is 10.5 Å². The Morgan fingerprint density at radius 1 is 1.59 bits per heavy atom. The molecule has 3 rings (SSSR count). The minimum atomic E-state index is -0.711. The van der Waals surface area contributed by atoms with Crippen molar-refractivity contribution >= 4 is 35.7 Å². The van der Waals surface area contributed by atoms with Crippen LogP contribution in [-0.2, 0) is 0 Å². The molecule has 1 heterocycles. The summed E-state index contributed by atoms with van der Waals surface area (Å²) in [5.74, 6) is 0.519. The highest BCUT2D eigenvalue weighted by molar-refractivity contribution is 7.71. The van der Waals surface area contributed by atoms with Gasteiger partial charge in [-0.05, 0) is 31.1 Å². The molecule has 114 valence electrons. The Labute approximate surface area is 134 Å². The molecule has 0 saturated heterocycles. The summed E-state index contributed by atoms with van der Waals surface area (Å²) in [4.78, 5) is 10.2. The number of nitro benzene ring substituents is 1. The monoisotopic (exact) mass is 339 g/mol. The number of nitro groups is 1. The summed E-state index contributed by atoms with van der Waals surface area (Å²) < 4.78 is 1.76. The molecule has 1 saturated carbocycles. The van der Waals surface area contributed by atoms with E-state index in [-0.39, 0.29) is 10.6 Å². The molecule has 0 unspecified atom stereocenters. The number of aromatic nitrogens is 3. The van der Waals surface area contributed by atoms with Crippen molar-refractivity contribution in [1.82, 2.24) is 14.9 Å². The molecule has 10 heteroatoms. The van der Waals surface area contributed by atoms with E-state index in [1.165, 1.54) is 17.0 Å². The number of nitrogens with one attached hydrogen (secondary N) is 1. The number of phenols is 1. The van der Waals surface area contributed by atoms with Crippen LogP contribution in [0.2, 0.25) is 5.02 Å². The number of H-pyrrole nitrogens is 1. The summed E-state index contributed by atoms with van der Waals surface area (Å²) in [6.45, 7) is 0. The van der Waals surface area contributed by atoms with Crippen LogP contribution in [0, 0.1) is 14.9 Å². The number of phenolic OH excluding ortho intramolecular Hbond substituents is 1. The number of rotatable bonds is 4. The second kappa shape index (κ2) is 5.50. The zero-order chi connectivity index (χ0) is 15.9. The maximum atomic E-state index is 10.9. The molecular formula is C12H10ClN5O3S. The molecule has 1 aliphatic carbocycles. The molecule has 22 heavy (non-hydrogen) atoms. The van der Waals surface area contributed by atoms with Crippen molar-refractivity contribution in [2.45, 2.75) is 18.8 Å². The zero-order valence-corrected chi connectivity index (χ0v) is 12.6. The Hall–Kier alpha value is -2.26. The van der Waals surface area contributed by atoms with Gasteiger partial charge in [0.1, 0.15) is 0 Å². The number of hydrogen-bond donors (Lipinski definition) is 2. The van der Waals surface area contributed by atoms with Crippen molar-refractivity contribution in [2.75, 3.05) is 0 Å². The van der Waals surface area contributed by atoms with Gasteiger partial charge in [0.15, 0.2) is 5.82 Å². The SMILES string of the molecule is O=[N+]([O-])c1cc(Cl)cc(/C=N/n2c(C3CC3)n[nH]c2=S)c1O. The van der Waals surface area contributed by atoms with Crippen LogP contribution in [0.5, 0.6) is 5.75 Å². The molecule has 0 aliphatic heterocycles. The molecule has 2 N–H and O–H groups in total. The van der Waals surface area contributed by atoms with E-state index in [1.807, 2.05) is 0 Å². The fourth-order valence-corrected chi connectivity index (χ4v) is 2.39. The van der Waals surface area contributed by atoms with Crippen molar-refractivity contribution in [1.29, 1.82) is 0 Å². The van der Waals surface area contributed by atoms with Crippen molar-refractivity contribution < 1.29 is 10.0 Å². The highest BCUT2D eigenvalue weighted by Gasteiger charge is 2.29.